The number of carbonyl (C=O) groups excluding carboxylic acids is 1. The van der Waals surface area contributed by atoms with Gasteiger partial charge in [-0.15, -0.1) is 0 Å². The molecule has 86 valence electrons. The number of hydrogen-bond donors (Lipinski definition) is 1. The summed E-state index contributed by atoms with van der Waals surface area (Å²) >= 11 is 0. The molecule has 1 atom stereocenters. The molecule has 2 fully saturated rings. The van der Waals surface area contributed by atoms with Gasteiger partial charge in [-0.3, -0.25) is 4.79 Å². The standard InChI is InChI=1S/C11H19NO3/c13-6-1-7-15-8-10-4-5-12(10)11(14)9-2-3-9/h9-10,13H,1-8H2. The first-order valence-electron chi connectivity index (χ1n) is 5.82. The van der Waals surface area contributed by atoms with Crippen molar-refractivity contribution in [2.24, 2.45) is 5.92 Å². The number of nitrogens with zero attached hydrogens (tertiary/aromatic N) is 1. The van der Waals surface area contributed by atoms with E-state index in [0.29, 0.717) is 37.5 Å². The Morgan fingerprint density at radius 1 is 1.40 bits per heavy atom. The summed E-state index contributed by atoms with van der Waals surface area (Å²) in [4.78, 5) is 13.7. The SMILES string of the molecule is O=C(C1CC1)N1CCC1COCCCO. The van der Waals surface area contributed by atoms with Crippen LogP contribution in [0.15, 0.2) is 0 Å². The number of rotatable bonds is 6. The van der Waals surface area contributed by atoms with Crippen LogP contribution in [-0.4, -0.2) is 48.3 Å². The molecule has 2 rings (SSSR count). The Kier molecular flexibility index (Phi) is 3.59. The Hall–Kier alpha value is -0.610. The summed E-state index contributed by atoms with van der Waals surface area (Å²) < 4.78 is 5.40. The fourth-order valence-corrected chi connectivity index (χ4v) is 1.85. The first-order chi connectivity index (χ1) is 7.33. The quantitative estimate of drug-likeness (QED) is 0.650. The topological polar surface area (TPSA) is 49.8 Å². The normalized spacial score (nSPS) is 25.1. The lowest BCUT2D eigenvalue weighted by Crippen LogP contribution is -2.53. The van der Waals surface area contributed by atoms with Crippen molar-refractivity contribution in [3.63, 3.8) is 0 Å². The summed E-state index contributed by atoms with van der Waals surface area (Å²) in [5.74, 6) is 0.655. The van der Waals surface area contributed by atoms with Gasteiger partial charge in [-0.1, -0.05) is 0 Å². The van der Waals surface area contributed by atoms with Crippen molar-refractivity contribution in [3.05, 3.63) is 0 Å². The van der Waals surface area contributed by atoms with Gasteiger partial charge in [0.05, 0.1) is 12.6 Å². The highest BCUT2D eigenvalue weighted by Crippen LogP contribution is 2.34. The van der Waals surface area contributed by atoms with Crippen LogP contribution in [-0.2, 0) is 9.53 Å². The summed E-state index contributed by atoms with van der Waals surface area (Å²) in [6.45, 7) is 2.32. The van der Waals surface area contributed by atoms with Gasteiger partial charge in [0, 0.05) is 25.7 Å². The highest BCUT2D eigenvalue weighted by molar-refractivity contribution is 5.82. The molecule has 1 amide bonds. The first-order valence-corrected chi connectivity index (χ1v) is 5.82. The zero-order valence-electron chi connectivity index (χ0n) is 9.02. The van der Waals surface area contributed by atoms with Crippen LogP contribution in [0.5, 0.6) is 0 Å². The second kappa shape index (κ2) is 4.94. The van der Waals surface area contributed by atoms with Crippen molar-refractivity contribution in [1.82, 2.24) is 4.90 Å². The highest BCUT2D eigenvalue weighted by atomic mass is 16.5. The predicted octanol–water partition coefficient (Wildman–Crippen LogP) is 0.396. The Bertz CT molecular complexity index is 228. The predicted molar refractivity (Wildman–Crippen MR) is 55.4 cm³/mol. The lowest BCUT2D eigenvalue weighted by atomic mass is 10.0. The fraction of sp³-hybridized carbons (Fsp3) is 0.909. The van der Waals surface area contributed by atoms with Crippen LogP contribution in [0.3, 0.4) is 0 Å². The smallest absolute Gasteiger partial charge is 0.226 e. The molecule has 0 aromatic carbocycles. The van der Waals surface area contributed by atoms with Gasteiger partial charge in [0.2, 0.25) is 5.91 Å². The maximum atomic E-state index is 11.7. The number of likely N-dealkylation sites (tertiary alicyclic amines) is 1. The lowest BCUT2D eigenvalue weighted by Gasteiger charge is -2.41. The summed E-state index contributed by atoms with van der Waals surface area (Å²) in [5, 5.41) is 8.58. The first kappa shape index (κ1) is 10.9. The molecule has 1 saturated carbocycles. The van der Waals surface area contributed by atoms with E-state index in [1.807, 2.05) is 4.90 Å². The molecule has 0 aromatic heterocycles. The molecule has 15 heavy (non-hydrogen) atoms. The third-order valence-electron chi connectivity index (χ3n) is 3.11. The van der Waals surface area contributed by atoms with Gasteiger partial charge in [-0.05, 0) is 25.7 Å². The minimum absolute atomic E-state index is 0.176. The van der Waals surface area contributed by atoms with E-state index in [-0.39, 0.29) is 6.61 Å². The molecule has 1 unspecified atom stereocenters. The van der Waals surface area contributed by atoms with E-state index < -0.39 is 0 Å². The van der Waals surface area contributed by atoms with Gasteiger partial charge in [-0.25, -0.2) is 0 Å². The van der Waals surface area contributed by atoms with E-state index in [9.17, 15) is 4.79 Å². The molecule has 1 aliphatic carbocycles. The van der Waals surface area contributed by atoms with Crippen LogP contribution in [0.2, 0.25) is 0 Å². The zero-order valence-corrected chi connectivity index (χ0v) is 9.02. The molecule has 4 nitrogen and oxygen atoms in total. The molecule has 1 saturated heterocycles. The second-order valence-corrected chi connectivity index (χ2v) is 4.40. The third-order valence-corrected chi connectivity index (χ3v) is 3.11. The van der Waals surface area contributed by atoms with Gasteiger partial charge >= 0.3 is 0 Å². The molecule has 1 heterocycles. The second-order valence-electron chi connectivity index (χ2n) is 4.40. The lowest BCUT2D eigenvalue weighted by molar-refractivity contribution is -0.142. The van der Waals surface area contributed by atoms with Crippen molar-refractivity contribution in [1.29, 1.82) is 0 Å². The Morgan fingerprint density at radius 3 is 2.73 bits per heavy atom. The molecule has 1 N–H and O–H groups in total. The van der Waals surface area contributed by atoms with Crippen molar-refractivity contribution in [3.8, 4) is 0 Å². The van der Waals surface area contributed by atoms with Crippen LogP contribution < -0.4 is 0 Å². The molecule has 2 aliphatic rings. The van der Waals surface area contributed by atoms with E-state index >= 15 is 0 Å². The minimum Gasteiger partial charge on any atom is -0.396 e. The molecular weight excluding hydrogens is 194 g/mol. The van der Waals surface area contributed by atoms with Gasteiger partial charge in [0.15, 0.2) is 0 Å². The summed E-state index contributed by atoms with van der Waals surface area (Å²) in [7, 11) is 0. The molecule has 1 aliphatic heterocycles. The number of aliphatic hydroxyl groups excluding tert-OH is 1. The van der Waals surface area contributed by atoms with E-state index in [4.69, 9.17) is 9.84 Å². The summed E-state index contributed by atoms with van der Waals surface area (Å²) in [5.41, 5.74) is 0. The third kappa shape index (κ3) is 2.69. The van der Waals surface area contributed by atoms with Gasteiger partial charge in [-0.2, -0.15) is 0 Å². The zero-order chi connectivity index (χ0) is 10.7. The van der Waals surface area contributed by atoms with E-state index in [1.165, 1.54) is 0 Å². The number of amides is 1. The number of carbonyl (C=O) groups is 1. The molecule has 0 aromatic rings. The van der Waals surface area contributed by atoms with Gasteiger partial charge < -0.3 is 14.7 Å². The average Bonchev–Trinajstić information content (AvgIpc) is 2.98. The van der Waals surface area contributed by atoms with Crippen LogP contribution >= 0.6 is 0 Å². The van der Waals surface area contributed by atoms with Gasteiger partial charge in [0.1, 0.15) is 0 Å². The number of ether oxygens (including phenoxy) is 1. The Labute approximate surface area is 90.2 Å². The maximum absolute atomic E-state index is 11.7. The van der Waals surface area contributed by atoms with Crippen molar-refractivity contribution in [2.75, 3.05) is 26.4 Å². The fourth-order valence-electron chi connectivity index (χ4n) is 1.85. The van der Waals surface area contributed by atoms with Crippen LogP contribution in [0.1, 0.15) is 25.7 Å². The van der Waals surface area contributed by atoms with Crippen molar-refractivity contribution in [2.45, 2.75) is 31.7 Å². The minimum atomic E-state index is 0.176. The van der Waals surface area contributed by atoms with Crippen LogP contribution in [0, 0.1) is 5.92 Å². The molecule has 0 spiro atoms. The average molecular weight is 213 g/mol. The van der Waals surface area contributed by atoms with Crippen molar-refractivity contribution >= 4 is 5.91 Å². The number of hydrogen-bond acceptors (Lipinski definition) is 3. The molecular formula is C11H19NO3. The van der Waals surface area contributed by atoms with Crippen molar-refractivity contribution < 1.29 is 14.6 Å². The largest absolute Gasteiger partial charge is 0.396 e. The monoisotopic (exact) mass is 213 g/mol. The highest BCUT2D eigenvalue weighted by Gasteiger charge is 2.40. The Morgan fingerprint density at radius 2 is 2.20 bits per heavy atom. The van der Waals surface area contributed by atoms with Crippen LogP contribution in [0.25, 0.3) is 0 Å². The summed E-state index contributed by atoms with van der Waals surface area (Å²) in [6, 6.07) is 0.303. The Balaban J connectivity index is 1.63. The van der Waals surface area contributed by atoms with Crippen LogP contribution in [0.4, 0.5) is 0 Å². The number of aliphatic hydroxyl groups is 1. The van der Waals surface area contributed by atoms with Gasteiger partial charge in [0.25, 0.3) is 0 Å². The molecule has 0 radical (unpaired) electrons. The van der Waals surface area contributed by atoms with E-state index in [1.54, 1.807) is 0 Å². The van der Waals surface area contributed by atoms with E-state index in [2.05, 4.69) is 0 Å². The van der Waals surface area contributed by atoms with E-state index in [0.717, 1.165) is 25.8 Å². The molecule has 4 heteroatoms. The molecule has 0 bridgehead atoms. The maximum Gasteiger partial charge on any atom is 0.226 e. The summed E-state index contributed by atoms with van der Waals surface area (Å²) in [6.07, 6.45) is 3.90.